The highest BCUT2D eigenvalue weighted by Gasteiger charge is 2.36. The van der Waals surface area contributed by atoms with Crippen LogP contribution in [0.4, 0.5) is 11.4 Å². The molecule has 1 fully saturated rings. The lowest BCUT2D eigenvalue weighted by Crippen LogP contribution is -2.28. The van der Waals surface area contributed by atoms with Crippen LogP contribution in [-0.4, -0.2) is 50.6 Å². The molecule has 2 aromatic carbocycles. The van der Waals surface area contributed by atoms with Gasteiger partial charge in [0, 0.05) is 23.7 Å². The number of carbonyl (C=O) groups excluding carboxylic acids is 4. The van der Waals surface area contributed by atoms with Gasteiger partial charge in [0.05, 0.1) is 30.9 Å². The van der Waals surface area contributed by atoms with E-state index in [0.717, 1.165) is 6.42 Å². The zero-order valence-electron chi connectivity index (χ0n) is 18.8. The predicted octanol–water partition coefficient (Wildman–Crippen LogP) is 3.45. The molecule has 0 radical (unpaired) electrons. The Kier molecular flexibility index (Phi) is 8.48. The second-order valence-electron chi connectivity index (χ2n) is 7.59. The lowest BCUT2D eigenvalue weighted by Gasteiger charge is -2.17. The summed E-state index contributed by atoms with van der Waals surface area (Å²) in [5.74, 6) is -2.21. The van der Waals surface area contributed by atoms with Gasteiger partial charge in [-0.3, -0.25) is 14.4 Å². The van der Waals surface area contributed by atoms with Crippen molar-refractivity contribution in [2.45, 2.75) is 19.8 Å². The fourth-order valence-corrected chi connectivity index (χ4v) is 3.56. The summed E-state index contributed by atoms with van der Waals surface area (Å²) in [6.07, 6.45) is 0.683. The van der Waals surface area contributed by atoms with E-state index in [2.05, 4.69) is 5.32 Å². The molecule has 2 amide bonds. The minimum absolute atomic E-state index is 0.0388. The first-order valence-electron chi connectivity index (χ1n) is 10.7. The fraction of sp³-hybridized carbons (Fsp3) is 0.333. The van der Waals surface area contributed by atoms with Crippen molar-refractivity contribution in [1.29, 1.82) is 0 Å². The molecule has 180 valence electrons. The van der Waals surface area contributed by atoms with Crippen molar-refractivity contribution in [3.8, 4) is 5.75 Å². The van der Waals surface area contributed by atoms with Crippen molar-refractivity contribution in [2.24, 2.45) is 5.92 Å². The van der Waals surface area contributed by atoms with Crippen molar-refractivity contribution in [3.63, 3.8) is 0 Å². The molecular weight excluding hydrogens is 464 g/mol. The summed E-state index contributed by atoms with van der Waals surface area (Å²) >= 11 is 5.94. The number of nitrogens with one attached hydrogen (secondary N) is 1. The van der Waals surface area contributed by atoms with Crippen LogP contribution < -0.4 is 15.0 Å². The minimum Gasteiger partial charge on any atom is -0.495 e. The van der Waals surface area contributed by atoms with Crippen LogP contribution in [0.5, 0.6) is 5.75 Å². The topological polar surface area (TPSA) is 111 Å². The van der Waals surface area contributed by atoms with Gasteiger partial charge in [-0.2, -0.15) is 0 Å². The Morgan fingerprint density at radius 3 is 2.53 bits per heavy atom. The molecule has 1 aliphatic heterocycles. The molecule has 0 aromatic heterocycles. The molecule has 0 saturated carbocycles. The van der Waals surface area contributed by atoms with E-state index in [1.165, 1.54) is 18.1 Å². The molecule has 0 unspecified atom stereocenters. The molecule has 1 aliphatic rings. The van der Waals surface area contributed by atoms with Gasteiger partial charge in [0.2, 0.25) is 5.91 Å². The van der Waals surface area contributed by atoms with Crippen molar-refractivity contribution >= 4 is 46.7 Å². The lowest BCUT2D eigenvalue weighted by molar-refractivity contribution is -0.151. The van der Waals surface area contributed by atoms with E-state index in [4.69, 9.17) is 25.8 Å². The van der Waals surface area contributed by atoms with Crippen molar-refractivity contribution in [1.82, 2.24) is 0 Å². The molecule has 1 saturated heterocycles. The number of amides is 2. The molecule has 0 aliphatic carbocycles. The van der Waals surface area contributed by atoms with Gasteiger partial charge in [-0.25, -0.2) is 4.79 Å². The summed E-state index contributed by atoms with van der Waals surface area (Å²) in [4.78, 5) is 50.5. The Balaban J connectivity index is 1.53. The normalized spacial score (nSPS) is 15.1. The molecule has 2 aromatic rings. The van der Waals surface area contributed by atoms with Crippen molar-refractivity contribution in [3.05, 3.63) is 53.1 Å². The van der Waals surface area contributed by atoms with E-state index in [1.807, 2.05) is 6.92 Å². The van der Waals surface area contributed by atoms with Crippen molar-refractivity contribution < 1.29 is 33.4 Å². The average Bonchev–Trinajstić information content (AvgIpc) is 3.23. The molecule has 34 heavy (non-hydrogen) atoms. The zero-order chi connectivity index (χ0) is 24.7. The summed E-state index contributed by atoms with van der Waals surface area (Å²) in [5, 5.41) is 2.98. The summed E-state index contributed by atoms with van der Waals surface area (Å²) in [6, 6.07) is 11.1. The SMILES string of the molecule is CCCOC(=O)c1ccc(N2C[C@@H](C(=O)OCC(=O)Nc3cc(Cl)ccc3OC)CC2=O)cc1. The van der Waals surface area contributed by atoms with Crippen molar-refractivity contribution in [2.75, 3.05) is 37.1 Å². The van der Waals surface area contributed by atoms with Gasteiger partial charge in [0.1, 0.15) is 5.75 Å². The standard InChI is InChI=1S/C24H25ClN2O7/c1-3-10-33-23(30)15-4-7-18(8-5-15)27-13-16(11-22(27)29)24(31)34-14-21(28)26-19-12-17(25)6-9-20(19)32-2/h4-9,12,16H,3,10-11,13-14H2,1-2H3,(H,26,28)/t16-/m0/s1. The third-order valence-electron chi connectivity index (χ3n) is 5.09. The number of rotatable bonds is 9. The van der Waals surface area contributed by atoms with Crippen LogP contribution in [0.25, 0.3) is 0 Å². The number of hydrogen-bond donors (Lipinski definition) is 1. The fourth-order valence-electron chi connectivity index (χ4n) is 3.39. The average molecular weight is 489 g/mol. The lowest BCUT2D eigenvalue weighted by atomic mass is 10.1. The molecule has 1 heterocycles. The van der Waals surface area contributed by atoms with Gasteiger partial charge < -0.3 is 24.4 Å². The van der Waals surface area contributed by atoms with Crippen LogP contribution in [0, 0.1) is 5.92 Å². The van der Waals surface area contributed by atoms with Crippen LogP contribution in [0.2, 0.25) is 5.02 Å². The van der Waals surface area contributed by atoms with Gasteiger partial charge in [-0.1, -0.05) is 18.5 Å². The number of hydrogen-bond acceptors (Lipinski definition) is 7. The van der Waals surface area contributed by atoms with Gasteiger partial charge >= 0.3 is 11.9 Å². The number of methoxy groups -OCH3 is 1. The number of esters is 2. The maximum Gasteiger partial charge on any atom is 0.338 e. The monoisotopic (exact) mass is 488 g/mol. The summed E-state index contributed by atoms with van der Waals surface area (Å²) in [7, 11) is 1.45. The number of carbonyl (C=O) groups is 4. The molecule has 10 heteroatoms. The molecular formula is C24H25ClN2O7. The number of nitrogens with zero attached hydrogens (tertiary/aromatic N) is 1. The molecule has 1 atom stereocenters. The van der Waals surface area contributed by atoms with E-state index in [0.29, 0.717) is 34.3 Å². The first-order chi connectivity index (χ1) is 16.3. The third-order valence-corrected chi connectivity index (χ3v) is 5.33. The van der Waals surface area contributed by atoms with Crippen LogP contribution in [0.15, 0.2) is 42.5 Å². The molecule has 9 nitrogen and oxygen atoms in total. The van der Waals surface area contributed by atoms with E-state index >= 15 is 0 Å². The van der Waals surface area contributed by atoms with Gasteiger partial charge in [0.25, 0.3) is 5.91 Å². The highest BCUT2D eigenvalue weighted by atomic mass is 35.5. The van der Waals surface area contributed by atoms with Gasteiger partial charge in [-0.15, -0.1) is 0 Å². The summed E-state index contributed by atoms with van der Waals surface area (Å²) < 4.78 is 15.4. The quantitative estimate of drug-likeness (QED) is 0.538. The first kappa shape index (κ1) is 25.0. The van der Waals surface area contributed by atoms with Gasteiger partial charge in [-0.05, 0) is 48.9 Å². The second kappa shape index (κ2) is 11.5. The number of anilines is 2. The predicted molar refractivity (Wildman–Crippen MR) is 125 cm³/mol. The van der Waals surface area contributed by atoms with E-state index in [1.54, 1.807) is 36.4 Å². The molecule has 0 spiro atoms. The third kappa shape index (κ3) is 6.26. The Labute approximate surface area is 201 Å². The summed E-state index contributed by atoms with van der Waals surface area (Å²) in [5.41, 5.74) is 1.28. The Hall–Kier alpha value is -3.59. The van der Waals surface area contributed by atoms with Gasteiger partial charge in [0.15, 0.2) is 6.61 Å². The smallest absolute Gasteiger partial charge is 0.338 e. The number of halogens is 1. The van der Waals surface area contributed by atoms with E-state index in [-0.39, 0.29) is 18.9 Å². The molecule has 1 N–H and O–H groups in total. The van der Waals surface area contributed by atoms with Crippen LogP contribution in [0.3, 0.4) is 0 Å². The van der Waals surface area contributed by atoms with Crippen LogP contribution in [-0.2, 0) is 23.9 Å². The first-order valence-corrected chi connectivity index (χ1v) is 11.1. The maximum atomic E-state index is 12.5. The maximum absolute atomic E-state index is 12.5. The summed E-state index contributed by atoms with van der Waals surface area (Å²) in [6.45, 7) is 1.83. The minimum atomic E-state index is -0.713. The largest absolute Gasteiger partial charge is 0.495 e. The van der Waals surface area contributed by atoms with Crippen LogP contribution in [0.1, 0.15) is 30.1 Å². The zero-order valence-corrected chi connectivity index (χ0v) is 19.6. The van der Waals surface area contributed by atoms with Crippen LogP contribution >= 0.6 is 11.6 Å². The Morgan fingerprint density at radius 1 is 1.12 bits per heavy atom. The second-order valence-corrected chi connectivity index (χ2v) is 8.03. The van der Waals surface area contributed by atoms with E-state index < -0.39 is 30.4 Å². The highest BCUT2D eigenvalue weighted by molar-refractivity contribution is 6.31. The Morgan fingerprint density at radius 2 is 1.85 bits per heavy atom. The number of ether oxygens (including phenoxy) is 3. The number of benzene rings is 2. The van der Waals surface area contributed by atoms with E-state index in [9.17, 15) is 19.2 Å². The molecule has 3 rings (SSSR count). The highest BCUT2D eigenvalue weighted by Crippen LogP contribution is 2.28. The molecule has 0 bridgehead atoms. The Bertz CT molecular complexity index is 1070.